The first-order valence-corrected chi connectivity index (χ1v) is 7.67. The van der Waals surface area contributed by atoms with E-state index in [1.807, 2.05) is 30.3 Å². The van der Waals surface area contributed by atoms with Crippen LogP contribution in [0.2, 0.25) is 0 Å². The number of rotatable bonds is 5. The molecule has 2 atom stereocenters. The van der Waals surface area contributed by atoms with Gasteiger partial charge in [0.25, 0.3) is 0 Å². The van der Waals surface area contributed by atoms with Crippen molar-refractivity contribution < 1.29 is 9.53 Å². The first kappa shape index (κ1) is 15.3. The molecule has 0 aliphatic carbocycles. The van der Waals surface area contributed by atoms with Crippen LogP contribution >= 0.6 is 11.6 Å². The van der Waals surface area contributed by atoms with Gasteiger partial charge in [0, 0.05) is 6.54 Å². The monoisotopic (exact) mass is 295 g/mol. The molecule has 1 aliphatic heterocycles. The van der Waals surface area contributed by atoms with Gasteiger partial charge in [0.1, 0.15) is 6.04 Å². The highest BCUT2D eigenvalue weighted by atomic mass is 35.5. The van der Waals surface area contributed by atoms with Crippen LogP contribution in [0, 0.1) is 0 Å². The topological polar surface area (TPSA) is 29.5 Å². The molecule has 0 bridgehead atoms. The van der Waals surface area contributed by atoms with Gasteiger partial charge in [0.15, 0.2) is 0 Å². The lowest BCUT2D eigenvalue weighted by molar-refractivity contribution is -0.148. The van der Waals surface area contributed by atoms with Crippen LogP contribution in [0.3, 0.4) is 0 Å². The van der Waals surface area contributed by atoms with Gasteiger partial charge in [-0.1, -0.05) is 36.8 Å². The van der Waals surface area contributed by atoms with E-state index in [0.29, 0.717) is 0 Å². The maximum Gasteiger partial charge on any atom is 0.323 e. The van der Waals surface area contributed by atoms with Gasteiger partial charge in [-0.05, 0) is 31.4 Å². The van der Waals surface area contributed by atoms with Crippen LogP contribution < -0.4 is 0 Å². The van der Waals surface area contributed by atoms with E-state index in [0.717, 1.165) is 44.3 Å². The summed E-state index contributed by atoms with van der Waals surface area (Å²) in [4.78, 5) is 14.0. The molecule has 1 aromatic carbocycles. The van der Waals surface area contributed by atoms with Crippen molar-refractivity contribution in [2.75, 3.05) is 20.2 Å². The third-order valence-electron chi connectivity index (χ3n) is 3.92. The van der Waals surface area contributed by atoms with Gasteiger partial charge in [-0.3, -0.25) is 9.69 Å². The fraction of sp³-hybridized carbons (Fsp3) is 0.562. The maximum absolute atomic E-state index is 11.8. The molecular formula is C16H22ClNO2. The Morgan fingerprint density at radius 3 is 2.85 bits per heavy atom. The second-order valence-corrected chi connectivity index (χ2v) is 5.76. The molecule has 0 spiro atoms. The van der Waals surface area contributed by atoms with Crippen molar-refractivity contribution in [1.29, 1.82) is 0 Å². The minimum Gasteiger partial charge on any atom is -0.468 e. The van der Waals surface area contributed by atoms with Crippen LogP contribution in [0.1, 0.15) is 36.6 Å². The number of nitrogens with zero attached hydrogens (tertiary/aromatic N) is 1. The number of ether oxygens (including phenoxy) is 1. The number of carbonyl (C=O) groups is 1. The van der Waals surface area contributed by atoms with Crippen LogP contribution in [0.25, 0.3) is 0 Å². The van der Waals surface area contributed by atoms with Crippen molar-refractivity contribution >= 4 is 17.6 Å². The van der Waals surface area contributed by atoms with Crippen molar-refractivity contribution in [1.82, 2.24) is 4.90 Å². The zero-order chi connectivity index (χ0) is 14.4. The summed E-state index contributed by atoms with van der Waals surface area (Å²) in [6.45, 7) is 1.79. The fourth-order valence-electron chi connectivity index (χ4n) is 2.77. The summed E-state index contributed by atoms with van der Waals surface area (Å²) >= 11 is 6.44. The predicted molar refractivity (Wildman–Crippen MR) is 80.9 cm³/mol. The van der Waals surface area contributed by atoms with Crippen LogP contribution in [0.5, 0.6) is 0 Å². The zero-order valence-electron chi connectivity index (χ0n) is 11.9. The van der Waals surface area contributed by atoms with Gasteiger partial charge in [-0.15, -0.1) is 11.6 Å². The number of carbonyl (C=O) groups excluding carboxylic acids is 1. The Morgan fingerprint density at radius 2 is 2.15 bits per heavy atom. The summed E-state index contributed by atoms with van der Waals surface area (Å²) < 4.78 is 4.90. The van der Waals surface area contributed by atoms with Crippen molar-refractivity contribution in [3.05, 3.63) is 35.9 Å². The number of halogens is 1. The molecule has 0 radical (unpaired) electrons. The van der Waals surface area contributed by atoms with E-state index in [1.165, 1.54) is 7.11 Å². The lowest BCUT2D eigenvalue weighted by Gasteiger charge is -2.34. The molecule has 1 heterocycles. The summed E-state index contributed by atoms with van der Waals surface area (Å²) in [7, 11) is 1.46. The maximum atomic E-state index is 11.8. The van der Waals surface area contributed by atoms with Gasteiger partial charge in [-0.2, -0.15) is 0 Å². The van der Waals surface area contributed by atoms with Gasteiger partial charge in [0.05, 0.1) is 12.5 Å². The average molecular weight is 296 g/mol. The normalized spacial score (nSPS) is 21.4. The number of alkyl halides is 1. The average Bonchev–Trinajstić information content (AvgIpc) is 2.53. The molecule has 1 aromatic rings. The molecule has 1 fully saturated rings. The number of esters is 1. The van der Waals surface area contributed by atoms with E-state index in [4.69, 9.17) is 16.3 Å². The summed E-state index contributed by atoms with van der Waals surface area (Å²) in [6, 6.07) is 10.0. The summed E-state index contributed by atoms with van der Waals surface area (Å²) in [5, 5.41) is -0.00331. The molecule has 0 aromatic heterocycles. The van der Waals surface area contributed by atoms with E-state index in [1.54, 1.807) is 0 Å². The molecule has 2 unspecified atom stereocenters. The first-order chi connectivity index (χ1) is 9.72. The van der Waals surface area contributed by atoms with E-state index >= 15 is 0 Å². The highest BCUT2D eigenvalue weighted by Gasteiger charge is 2.29. The Labute approximate surface area is 125 Å². The van der Waals surface area contributed by atoms with Crippen LogP contribution in [-0.4, -0.2) is 37.1 Å². The summed E-state index contributed by atoms with van der Waals surface area (Å²) in [5.41, 5.74) is 1.14. The number of hydrogen-bond acceptors (Lipinski definition) is 3. The van der Waals surface area contributed by atoms with Crippen molar-refractivity contribution in [3.63, 3.8) is 0 Å². The fourth-order valence-corrected chi connectivity index (χ4v) is 3.01. The second-order valence-electron chi connectivity index (χ2n) is 5.24. The van der Waals surface area contributed by atoms with E-state index < -0.39 is 0 Å². The molecular weight excluding hydrogens is 274 g/mol. The Bertz CT molecular complexity index is 424. The Hall–Kier alpha value is -1.06. The molecule has 0 N–H and O–H groups in total. The molecule has 2 rings (SSSR count). The quantitative estimate of drug-likeness (QED) is 0.616. The van der Waals surface area contributed by atoms with Gasteiger partial charge >= 0.3 is 5.97 Å². The Morgan fingerprint density at radius 1 is 1.40 bits per heavy atom. The molecule has 3 nitrogen and oxygen atoms in total. The highest BCUT2D eigenvalue weighted by molar-refractivity contribution is 6.20. The summed E-state index contributed by atoms with van der Waals surface area (Å²) in [6.07, 6.45) is 3.98. The van der Waals surface area contributed by atoms with Crippen molar-refractivity contribution in [2.45, 2.75) is 37.1 Å². The SMILES string of the molecule is COC(=O)C1CCCCN1CCC(Cl)c1ccccc1. The lowest BCUT2D eigenvalue weighted by atomic mass is 10.0. The van der Waals surface area contributed by atoms with E-state index in [2.05, 4.69) is 4.90 Å². The molecule has 1 aliphatic rings. The molecule has 0 saturated carbocycles. The first-order valence-electron chi connectivity index (χ1n) is 7.23. The van der Waals surface area contributed by atoms with Crippen molar-refractivity contribution in [3.8, 4) is 0 Å². The third kappa shape index (κ3) is 3.97. The number of benzene rings is 1. The standard InChI is InChI=1S/C16H22ClNO2/c1-20-16(19)15-9-5-6-11-18(15)12-10-14(17)13-7-3-2-4-8-13/h2-4,7-8,14-15H,5-6,9-12H2,1H3. The molecule has 0 amide bonds. The van der Waals surface area contributed by atoms with E-state index in [9.17, 15) is 4.79 Å². The lowest BCUT2D eigenvalue weighted by Crippen LogP contribution is -2.45. The molecule has 1 saturated heterocycles. The number of hydrogen-bond donors (Lipinski definition) is 0. The smallest absolute Gasteiger partial charge is 0.323 e. The zero-order valence-corrected chi connectivity index (χ0v) is 12.7. The van der Waals surface area contributed by atoms with Crippen LogP contribution in [0.15, 0.2) is 30.3 Å². The minimum atomic E-state index is -0.115. The number of likely N-dealkylation sites (tertiary alicyclic amines) is 1. The second kappa shape index (κ2) is 7.65. The highest BCUT2D eigenvalue weighted by Crippen LogP contribution is 2.26. The largest absolute Gasteiger partial charge is 0.468 e. The van der Waals surface area contributed by atoms with Crippen LogP contribution in [0.4, 0.5) is 0 Å². The third-order valence-corrected chi connectivity index (χ3v) is 4.39. The number of piperidine rings is 1. The van der Waals surface area contributed by atoms with Gasteiger partial charge in [-0.25, -0.2) is 0 Å². The van der Waals surface area contributed by atoms with Gasteiger partial charge in [0.2, 0.25) is 0 Å². The molecule has 4 heteroatoms. The summed E-state index contributed by atoms with van der Waals surface area (Å²) in [5.74, 6) is -0.115. The van der Waals surface area contributed by atoms with Crippen molar-refractivity contribution in [2.24, 2.45) is 0 Å². The predicted octanol–water partition coefficient (Wildman–Crippen LogP) is 3.38. The van der Waals surface area contributed by atoms with Crippen LogP contribution in [-0.2, 0) is 9.53 Å². The molecule has 110 valence electrons. The Balaban J connectivity index is 1.89. The minimum absolute atomic E-state index is 0.00331. The van der Waals surface area contributed by atoms with Gasteiger partial charge < -0.3 is 4.74 Å². The Kier molecular flexibility index (Phi) is 5.86. The van der Waals surface area contributed by atoms with E-state index in [-0.39, 0.29) is 17.4 Å². The molecule has 20 heavy (non-hydrogen) atoms. The number of methoxy groups -OCH3 is 1.